The van der Waals surface area contributed by atoms with Gasteiger partial charge in [0.1, 0.15) is 5.82 Å². The van der Waals surface area contributed by atoms with Crippen LogP contribution in [0.3, 0.4) is 0 Å². The van der Waals surface area contributed by atoms with Crippen molar-refractivity contribution >= 4 is 17.6 Å². The van der Waals surface area contributed by atoms with Gasteiger partial charge in [-0.2, -0.15) is 0 Å². The minimum Gasteiger partial charge on any atom is -0.545 e. The third-order valence-electron chi connectivity index (χ3n) is 2.37. The van der Waals surface area contributed by atoms with Crippen LogP contribution in [0.5, 0.6) is 0 Å². The SMILES string of the molecule is O=C([O-])c1ccc(-c2ccc(Cl)cc2)cc1F. The van der Waals surface area contributed by atoms with Crippen molar-refractivity contribution < 1.29 is 14.3 Å². The lowest BCUT2D eigenvalue weighted by Crippen LogP contribution is -2.23. The average molecular weight is 250 g/mol. The Morgan fingerprint density at radius 3 is 2.18 bits per heavy atom. The van der Waals surface area contributed by atoms with Gasteiger partial charge in [-0.25, -0.2) is 4.39 Å². The maximum Gasteiger partial charge on any atom is 0.132 e. The van der Waals surface area contributed by atoms with Gasteiger partial charge in [0, 0.05) is 10.6 Å². The summed E-state index contributed by atoms with van der Waals surface area (Å²) in [5.41, 5.74) is 0.907. The van der Waals surface area contributed by atoms with Gasteiger partial charge in [-0.05, 0) is 35.4 Å². The van der Waals surface area contributed by atoms with Crippen molar-refractivity contribution in [3.05, 3.63) is 58.9 Å². The topological polar surface area (TPSA) is 40.1 Å². The monoisotopic (exact) mass is 249 g/mol. The summed E-state index contributed by atoms with van der Waals surface area (Å²) >= 11 is 5.74. The highest BCUT2D eigenvalue weighted by Crippen LogP contribution is 2.23. The van der Waals surface area contributed by atoms with Crippen molar-refractivity contribution in [3.8, 4) is 11.1 Å². The van der Waals surface area contributed by atoms with Crippen LogP contribution in [0, 0.1) is 5.82 Å². The number of carboxylic acid groups (broad SMARTS) is 1. The molecule has 0 aliphatic rings. The quantitative estimate of drug-likeness (QED) is 0.820. The Hall–Kier alpha value is -1.87. The van der Waals surface area contributed by atoms with Gasteiger partial charge < -0.3 is 9.90 Å². The van der Waals surface area contributed by atoms with Crippen LogP contribution in [0.2, 0.25) is 5.02 Å². The van der Waals surface area contributed by atoms with Gasteiger partial charge in [0.2, 0.25) is 0 Å². The molecule has 0 fully saturated rings. The van der Waals surface area contributed by atoms with E-state index < -0.39 is 17.3 Å². The standard InChI is InChI=1S/C13H8ClFO2/c14-10-4-1-8(2-5-10)9-3-6-11(13(16)17)12(15)7-9/h1-7H,(H,16,17)/p-1. The van der Waals surface area contributed by atoms with E-state index in [0.717, 1.165) is 11.6 Å². The number of carbonyl (C=O) groups excluding carboxylic acids is 1. The first-order valence-electron chi connectivity index (χ1n) is 4.85. The zero-order valence-corrected chi connectivity index (χ0v) is 9.37. The smallest absolute Gasteiger partial charge is 0.132 e. The number of carboxylic acids is 1. The molecule has 4 heteroatoms. The fourth-order valence-electron chi connectivity index (χ4n) is 1.50. The fourth-order valence-corrected chi connectivity index (χ4v) is 1.63. The van der Waals surface area contributed by atoms with E-state index >= 15 is 0 Å². The molecule has 0 bridgehead atoms. The molecule has 2 rings (SSSR count). The number of benzene rings is 2. The number of hydrogen-bond acceptors (Lipinski definition) is 2. The van der Waals surface area contributed by atoms with Crippen molar-refractivity contribution in [3.63, 3.8) is 0 Å². The summed E-state index contributed by atoms with van der Waals surface area (Å²) in [5, 5.41) is 11.1. The van der Waals surface area contributed by atoms with E-state index in [1.165, 1.54) is 12.1 Å². The Bertz CT molecular complexity index is 564. The number of carbonyl (C=O) groups is 1. The molecule has 2 nitrogen and oxygen atoms in total. The van der Waals surface area contributed by atoms with E-state index in [0.29, 0.717) is 10.6 Å². The number of rotatable bonds is 2. The zero-order valence-electron chi connectivity index (χ0n) is 8.61. The van der Waals surface area contributed by atoms with Crippen molar-refractivity contribution in [1.29, 1.82) is 0 Å². The predicted octanol–water partition coefficient (Wildman–Crippen LogP) is 2.51. The molecule has 0 aliphatic heterocycles. The molecule has 17 heavy (non-hydrogen) atoms. The van der Waals surface area contributed by atoms with Crippen molar-refractivity contribution in [2.45, 2.75) is 0 Å². The predicted molar refractivity (Wildman–Crippen MR) is 61.2 cm³/mol. The number of aromatic carboxylic acids is 1. The van der Waals surface area contributed by atoms with E-state index in [1.54, 1.807) is 24.3 Å². The van der Waals surface area contributed by atoms with Crippen LogP contribution in [0.1, 0.15) is 10.4 Å². The Kier molecular flexibility index (Phi) is 3.11. The largest absolute Gasteiger partial charge is 0.545 e. The Morgan fingerprint density at radius 1 is 1.06 bits per heavy atom. The molecule has 0 aliphatic carbocycles. The molecular formula is C13H7ClFO2-. The van der Waals surface area contributed by atoms with Crippen LogP contribution in [-0.2, 0) is 0 Å². The van der Waals surface area contributed by atoms with Gasteiger partial charge in [-0.15, -0.1) is 0 Å². The van der Waals surface area contributed by atoms with Gasteiger partial charge in [-0.1, -0.05) is 29.8 Å². The molecule has 0 N–H and O–H groups in total. The second kappa shape index (κ2) is 4.55. The third kappa shape index (κ3) is 2.45. The molecule has 86 valence electrons. The normalized spacial score (nSPS) is 10.2. The van der Waals surface area contributed by atoms with Gasteiger partial charge in [0.05, 0.1) is 5.97 Å². The fraction of sp³-hybridized carbons (Fsp3) is 0. The molecule has 2 aromatic carbocycles. The highest BCUT2D eigenvalue weighted by Gasteiger charge is 2.05. The Balaban J connectivity index is 2.44. The van der Waals surface area contributed by atoms with Crippen LogP contribution >= 0.6 is 11.6 Å². The van der Waals surface area contributed by atoms with Gasteiger partial charge >= 0.3 is 0 Å². The van der Waals surface area contributed by atoms with Gasteiger partial charge in [0.25, 0.3) is 0 Å². The zero-order chi connectivity index (χ0) is 12.4. The number of halogens is 2. The van der Waals surface area contributed by atoms with Crippen LogP contribution in [-0.4, -0.2) is 5.97 Å². The lowest BCUT2D eigenvalue weighted by Gasteiger charge is -2.07. The minimum atomic E-state index is -1.52. The summed E-state index contributed by atoms with van der Waals surface area (Å²) in [7, 11) is 0. The molecule has 0 spiro atoms. The van der Waals surface area contributed by atoms with Gasteiger partial charge in [0.15, 0.2) is 0 Å². The summed E-state index contributed by atoms with van der Waals surface area (Å²) in [5.74, 6) is -2.33. The molecule has 2 aromatic rings. The lowest BCUT2D eigenvalue weighted by atomic mass is 10.0. The highest BCUT2D eigenvalue weighted by molar-refractivity contribution is 6.30. The molecule has 0 saturated heterocycles. The summed E-state index contributed by atoms with van der Waals surface area (Å²) in [6.07, 6.45) is 0. The van der Waals surface area contributed by atoms with E-state index in [-0.39, 0.29) is 0 Å². The first kappa shape index (κ1) is 11.6. The third-order valence-corrected chi connectivity index (χ3v) is 2.62. The van der Waals surface area contributed by atoms with Crippen LogP contribution < -0.4 is 5.11 Å². The van der Waals surface area contributed by atoms with E-state index in [1.807, 2.05) is 0 Å². The van der Waals surface area contributed by atoms with E-state index in [4.69, 9.17) is 11.6 Å². The molecule has 0 aromatic heterocycles. The molecule has 0 heterocycles. The summed E-state index contributed by atoms with van der Waals surface area (Å²) in [6.45, 7) is 0. The first-order valence-corrected chi connectivity index (χ1v) is 5.22. The van der Waals surface area contributed by atoms with Crippen LogP contribution in [0.15, 0.2) is 42.5 Å². The van der Waals surface area contributed by atoms with Crippen molar-refractivity contribution in [2.75, 3.05) is 0 Å². The van der Waals surface area contributed by atoms with Gasteiger partial charge in [-0.3, -0.25) is 0 Å². The van der Waals surface area contributed by atoms with E-state index in [9.17, 15) is 14.3 Å². The minimum absolute atomic E-state index is 0.442. The molecule has 0 amide bonds. The molecule has 0 unspecified atom stereocenters. The van der Waals surface area contributed by atoms with Crippen molar-refractivity contribution in [2.24, 2.45) is 0 Å². The summed E-state index contributed by atoms with van der Waals surface area (Å²) in [6, 6.07) is 10.7. The molecule has 0 atom stereocenters. The summed E-state index contributed by atoms with van der Waals surface area (Å²) in [4.78, 5) is 10.5. The van der Waals surface area contributed by atoms with Crippen LogP contribution in [0.4, 0.5) is 4.39 Å². The van der Waals surface area contributed by atoms with Crippen LogP contribution in [0.25, 0.3) is 11.1 Å². The van der Waals surface area contributed by atoms with E-state index in [2.05, 4.69) is 0 Å². The molecule has 0 saturated carbocycles. The first-order chi connectivity index (χ1) is 8.08. The maximum atomic E-state index is 13.4. The average Bonchev–Trinajstić information content (AvgIpc) is 2.29. The maximum absolute atomic E-state index is 13.4. The summed E-state index contributed by atoms with van der Waals surface area (Å²) < 4.78 is 13.4. The second-order valence-corrected chi connectivity index (χ2v) is 3.93. The number of hydrogen-bond donors (Lipinski definition) is 0. The Morgan fingerprint density at radius 2 is 1.65 bits per heavy atom. The second-order valence-electron chi connectivity index (χ2n) is 3.49. The molecule has 0 radical (unpaired) electrons. The Labute approximate surface area is 102 Å². The molecular weight excluding hydrogens is 243 g/mol. The lowest BCUT2D eigenvalue weighted by molar-refractivity contribution is -0.255. The van der Waals surface area contributed by atoms with Crippen molar-refractivity contribution in [1.82, 2.24) is 0 Å². The highest BCUT2D eigenvalue weighted by atomic mass is 35.5.